The number of hydrogen-bond donors (Lipinski definition) is 1. The lowest BCUT2D eigenvalue weighted by Gasteiger charge is -2.19. The fourth-order valence-corrected chi connectivity index (χ4v) is 3.12. The number of aryl methyl sites for hydroxylation is 1. The first-order chi connectivity index (χ1) is 10.2. The fraction of sp³-hybridized carbons (Fsp3) is 0.333. The first kappa shape index (κ1) is 16.4. The normalized spacial score (nSPS) is 12.4. The second-order valence-corrected chi connectivity index (χ2v) is 6.06. The molecule has 1 atom stereocenters. The molecule has 0 fully saturated rings. The highest BCUT2D eigenvalue weighted by molar-refractivity contribution is 6.36. The van der Waals surface area contributed by atoms with Crippen molar-refractivity contribution in [2.24, 2.45) is 0 Å². The highest BCUT2D eigenvalue weighted by atomic mass is 35.5. The van der Waals surface area contributed by atoms with E-state index >= 15 is 0 Å². The van der Waals surface area contributed by atoms with Crippen LogP contribution in [-0.4, -0.2) is 7.05 Å². The third-order valence-electron chi connectivity index (χ3n) is 3.71. The minimum atomic E-state index is 0.208. The molecule has 0 radical (unpaired) electrons. The molecule has 0 heterocycles. The number of likely N-dealkylation sites (N-methyl/N-ethyl adjacent to an activating group) is 1. The van der Waals surface area contributed by atoms with E-state index in [9.17, 15) is 0 Å². The lowest BCUT2D eigenvalue weighted by Crippen LogP contribution is -2.19. The number of hydrogen-bond acceptors (Lipinski definition) is 1. The Morgan fingerprint density at radius 1 is 1.05 bits per heavy atom. The van der Waals surface area contributed by atoms with Crippen LogP contribution in [0.2, 0.25) is 10.0 Å². The molecule has 1 N–H and O–H groups in total. The van der Waals surface area contributed by atoms with Crippen LogP contribution in [0.25, 0.3) is 0 Å². The maximum Gasteiger partial charge on any atom is 0.0453 e. The second kappa shape index (κ2) is 7.84. The molecule has 0 aromatic heterocycles. The average molecular weight is 322 g/mol. The zero-order valence-corrected chi connectivity index (χ0v) is 14.0. The molecule has 0 aliphatic rings. The Labute approximate surface area is 137 Å². The number of rotatable bonds is 6. The summed E-state index contributed by atoms with van der Waals surface area (Å²) >= 11 is 12.6. The lowest BCUT2D eigenvalue weighted by atomic mass is 9.96. The Bertz CT molecular complexity index is 575. The van der Waals surface area contributed by atoms with Crippen molar-refractivity contribution in [3.63, 3.8) is 0 Å². The molecule has 0 aliphatic heterocycles. The molecular weight excluding hydrogens is 301 g/mol. The topological polar surface area (TPSA) is 12.0 Å². The molecule has 0 saturated carbocycles. The third-order valence-corrected chi connectivity index (χ3v) is 4.42. The van der Waals surface area contributed by atoms with Gasteiger partial charge in [0.15, 0.2) is 0 Å². The SMILES string of the molecule is CCCc1cccc(C(Cc2c(Cl)cccc2Cl)NC)c1. The summed E-state index contributed by atoms with van der Waals surface area (Å²) in [6.45, 7) is 2.20. The molecule has 0 bridgehead atoms. The van der Waals surface area contributed by atoms with E-state index in [1.54, 1.807) is 0 Å². The van der Waals surface area contributed by atoms with Crippen molar-refractivity contribution in [1.29, 1.82) is 0 Å². The minimum Gasteiger partial charge on any atom is -0.313 e. The standard InChI is InChI=1S/C18H21Cl2N/c1-3-6-13-7-4-8-14(11-13)18(21-2)12-15-16(19)9-5-10-17(15)20/h4-5,7-11,18,21H,3,6,12H2,1-2H3. The highest BCUT2D eigenvalue weighted by Crippen LogP contribution is 2.29. The molecule has 112 valence electrons. The molecule has 0 aliphatic carbocycles. The van der Waals surface area contributed by atoms with E-state index in [0.717, 1.165) is 34.9 Å². The molecule has 0 saturated heterocycles. The Morgan fingerprint density at radius 3 is 2.33 bits per heavy atom. The van der Waals surface area contributed by atoms with Gasteiger partial charge >= 0.3 is 0 Å². The van der Waals surface area contributed by atoms with Crippen molar-refractivity contribution >= 4 is 23.2 Å². The summed E-state index contributed by atoms with van der Waals surface area (Å²) in [4.78, 5) is 0. The lowest BCUT2D eigenvalue weighted by molar-refractivity contribution is 0.591. The van der Waals surface area contributed by atoms with Crippen molar-refractivity contribution in [2.45, 2.75) is 32.2 Å². The maximum absolute atomic E-state index is 6.29. The van der Waals surface area contributed by atoms with Crippen LogP contribution in [-0.2, 0) is 12.8 Å². The molecule has 2 aromatic carbocycles. The highest BCUT2D eigenvalue weighted by Gasteiger charge is 2.14. The zero-order chi connectivity index (χ0) is 15.2. The van der Waals surface area contributed by atoms with E-state index in [1.165, 1.54) is 11.1 Å². The van der Waals surface area contributed by atoms with E-state index in [0.29, 0.717) is 0 Å². The quantitative estimate of drug-likeness (QED) is 0.746. The summed E-state index contributed by atoms with van der Waals surface area (Å²) < 4.78 is 0. The summed E-state index contributed by atoms with van der Waals surface area (Å²) in [5.41, 5.74) is 3.65. The molecule has 2 aromatic rings. The minimum absolute atomic E-state index is 0.208. The van der Waals surface area contributed by atoms with Gasteiger partial charge in [-0.3, -0.25) is 0 Å². The number of benzene rings is 2. The summed E-state index contributed by atoms with van der Waals surface area (Å²) in [6, 6.07) is 14.6. The molecule has 3 heteroatoms. The van der Waals surface area contributed by atoms with Crippen LogP contribution >= 0.6 is 23.2 Å². The molecule has 0 spiro atoms. The van der Waals surface area contributed by atoms with Gasteiger partial charge in [-0.1, -0.05) is 66.9 Å². The van der Waals surface area contributed by atoms with Gasteiger partial charge in [0.1, 0.15) is 0 Å². The van der Waals surface area contributed by atoms with Crippen LogP contribution in [0.3, 0.4) is 0 Å². The van der Waals surface area contributed by atoms with Crippen LogP contribution in [0, 0.1) is 0 Å². The Kier molecular flexibility index (Phi) is 6.10. The van der Waals surface area contributed by atoms with Crippen LogP contribution in [0.1, 0.15) is 36.1 Å². The molecule has 21 heavy (non-hydrogen) atoms. The molecular formula is C18H21Cl2N. The van der Waals surface area contributed by atoms with Gasteiger partial charge in [0.2, 0.25) is 0 Å². The third kappa shape index (κ3) is 4.23. The predicted octanol–water partition coefficient (Wildman–Crippen LogP) is 5.45. The Morgan fingerprint density at radius 2 is 1.71 bits per heavy atom. The van der Waals surface area contributed by atoms with Crippen molar-refractivity contribution in [1.82, 2.24) is 5.32 Å². The van der Waals surface area contributed by atoms with Gasteiger partial charge in [-0.25, -0.2) is 0 Å². The first-order valence-electron chi connectivity index (χ1n) is 7.34. The molecule has 1 unspecified atom stereocenters. The summed E-state index contributed by atoms with van der Waals surface area (Å²) in [6.07, 6.45) is 3.05. The Balaban J connectivity index is 2.26. The van der Waals surface area contributed by atoms with Gasteiger partial charge < -0.3 is 5.32 Å². The largest absolute Gasteiger partial charge is 0.313 e. The number of nitrogens with one attached hydrogen (secondary N) is 1. The first-order valence-corrected chi connectivity index (χ1v) is 8.10. The smallest absolute Gasteiger partial charge is 0.0453 e. The van der Waals surface area contributed by atoms with Crippen molar-refractivity contribution < 1.29 is 0 Å². The second-order valence-electron chi connectivity index (χ2n) is 5.24. The van der Waals surface area contributed by atoms with Gasteiger partial charge in [0, 0.05) is 16.1 Å². The molecule has 1 nitrogen and oxygen atoms in total. The molecule has 2 rings (SSSR count). The predicted molar refractivity (Wildman–Crippen MR) is 92.4 cm³/mol. The summed E-state index contributed by atoms with van der Waals surface area (Å²) in [5, 5.41) is 4.83. The van der Waals surface area contributed by atoms with Gasteiger partial charge in [-0.05, 0) is 48.7 Å². The zero-order valence-electron chi connectivity index (χ0n) is 12.5. The Hall–Kier alpha value is -1.02. The summed E-state index contributed by atoms with van der Waals surface area (Å²) in [7, 11) is 1.97. The summed E-state index contributed by atoms with van der Waals surface area (Å²) in [5.74, 6) is 0. The van der Waals surface area contributed by atoms with Crippen LogP contribution in [0.5, 0.6) is 0 Å². The van der Waals surface area contributed by atoms with Gasteiger partial charge in [-0.2, -0.15) is 0 Å². The monoisotopic (exact) mass is 321 g/mol. The van der Waals surface area contributed by atoms with E-state index in [-0.39, 0.29) is 6.04 Å². The van der Waals surface area contributed by atoms with Gasteiger partial charge in [0.25, 0.3) is 0 Å². The van der Waals surface area contributed by atoms with E-state index in [1.807, 2.05) is 25.2 Å². The van der Waals surface area contributed by atoms with Crippen LogP contribution < -0.4 is 5.32 Å². The fourth-order valence-electron chi connectivity index (χ4n) is 2.57. The van der Waals surface area contributed by atoms with E-state index < -0.39 is 0 Å². The average Bonchev–Trinajstić information content (AvgIpc) is 2.48. The van der Waals surface area contributed by atoms with Crippen molar-refractivity contribution in [3.8, 4) is 0 Å². The van der Waals surface area contributed by atoms with Gasteiger partial charge in [-0.15, -0.1) is 0 Å². The van der Waals surface area contributed by atoms with E-state index in [4.69, 9.17) is 23.2 Å². The maximum atomic E-state index is 6.29. The number of halogens is 2. The van der Waals surface area contributed by atoms with Crippen molar-refractivity contribution in [2.75, 3.05) is 7.05 Å². The van der Waals surface area contributed by atoms with E-state index in [2.05, 4.69) is 36.5 Å². The van der Waals surface area contributed by atoms with Crippen LogP contribution in [0.4, 0.5) is 0 Å². The van der Waals surface area contributed by atoms with Crippen molar-refractivity contribution in [3.05, 3.63) is 69.2 Å². The molecule has 0 amide bonds. The van der Waals surface area contributed by atoms with Crippen LogP contribution in [0.15, 0.2) is 42.5 Å². The van der Waals surface area contributed by atoms with Gasteiger partial charge in [0.05, 0.1) is 0 Å².